The fraction of sp³-hybridized carbons (Fsp3) is 0.0588. The van der Waals surface area contributed by atoms with Gasteiger partial charge >= 0.3 is 0 Å². The monoisotopic (exact) mass is 360 g/mol. The van der Waals surface area contributed by atoms with Gasteiger partial charge < -0.3 is 15.3 Å². The molecule has 0 bridgehead atoms. The third-order valence-corrected chi connectivity index (χ3v) is 4.13. The number of hydrogen-bond donors (Lipinski definition) is 3. The van der Waals surface area contributed by atoms with Crippen LogP contribution in [-0.2, 0) is 6.54 Å². The maximum atomic E-state index is 13.7. The minimum absolute atomic E-state index is 0.0435. The summed E-state index contributed by atoms with van der Waals surface area (Å²) in [5, 5.41) is 3.92. The average Bonchev–Trinajstić information content (AvgIpc) is 3.20. The Morgan fingerprint density at radius 1 is 1.20 bits per heavy atom. The normalized spacial score (nSPS) is 11.3. The molecule has 1 amide bonds. The topological polar surface area (TPSA) is 73.6 Å². The molecule has 0 fully saturated rings. The van der Waals surface area contributed by atoms with Gasteiger partial charge in [-0.3, -0.25) is 4.79 Å². The van der Waals surface area contributed by atoms with Crippen LogP contribution < -0.4 is 5.32 Å². The predicted molar refractivity (Wildman–Crippen MR) is 90.5 cm³/mol. The van der Waals surface area contributed by atoms with Crippen LogP contribution >= 0.6 is 11.6 Å². The molecule has 8 heteroatoms. The molecule has 0 radical (unpaired) electrons. The number of H-pyrrole nitrogens is 2. The zero-order valence-electron chi connectivity index (χ0n) is 12.7. The molecule has 126 valence electrons. The van der Waals surface area contributed by atoms with Gasteiger partial charge in [0, 0.05) is 22.1 Å². The quantitative estimate of drug-likeness (QED) is 0.518. The standard InChI is InChI=1S/C17H11ClF2N4O/c18-8-1-3-12-9(5-8)10(6-21-12)17(25)22-7-14-23-13-4-2-11(19)15(20)16(13)24-14/h1-6,21H,7H2,(H,22,25)(H,23,24). The second-order valence-corrected chi connectivity index (χ2v) is 5.95. The van der Waals surface area contributed by atoms with Crippen LogP contribution in [0.5, 0.6) is 0 Å². The highest BCUT2D eigenvalue weighted by Crippen LogP contribution is 2.22. The van der Waals surface area contributed by atoms with E-state index in [-0.39, 0.29) is 18.0 Å². The zero-order valence-corrected chi connectivity index (χ0v) is 13.4. The molecule has 2 aromatic heterocycles. The summed E-state index contributed by atoms with van der Waals surface area (Å²) in [6.07, 6.45) is 1.59. The maximum absolute atomic E-state index is 13.7. The van der Waals surface area contributed by atoms with Gasteiger partial charge in [0.25, 0.3) is 5.91 Å². The molecule has 2 heterocycles. The molecule has 5 nitrogen and oxygen atoms in total. The van der Waals surface area contributed by atoms with Gasteiger partial charge in [0.1, 0.15) is 11.3 Å². The van der Waals surface area contributed by atoms with Gasteiger partial charge in [-0.1, -0.05) is 11.6 Å². The minimum Gasteiger partial charge on any atom is -0.360 e. The summed E-state index contributed by atoms with van der Waals surface area (Å²) in [7, 11) is 0. The van der Waals surface area contributed by atoms with Crippen LogP contribution in [0.1, 0.15) is 16.2 Å². The number of rotatable bonds is 3. The van der Waals surface area contributed by atoms with E-state index in [1.165, 1.54) is 6.07 Å². The summed E-state index contributed by atoms with van der Waals surface area (Å²) in [6, 6.07) is 7.62. The number of halogens is 3. The Labute approximate surface area is 145 Å². The maximum Gasteiger partial charge on any atom is 0.253 e. The molecule has 25 heavy (non-hydrogen) atoms. The van der Waals surface area contributed by atoms with E-state index < -0.39 is 11.6 Å². The highest BCUT2D eigenvalue weighted by molar-refractivity contribution is 6.31. The van der Waals surface area contributed by atoms with Crippen molar-refractivity contribution in [2.24, 2.45) is 0 Å². The van der Waals surface area contributed by atoms with E-state index >= 15 is 0 Å². The van der Waals surface area contributed by atoms with Gasteiger partial charge in [-0.2, -0.15) is 0 Å². The Bertz CT molecular complexity index is 1120. The highest BCUT2D eigenvalue weighted by atomic mass is 35.5. The molecule has 0 saturated carbocycles. The number of amides is 1. The molecular weight excluding hydrogens is 350 g/mol. The first-order valence-electron chi connectivity index (χ1n) is 7.40. The first kappa shape index (κ1) is 15.6. The van der Waals surface area contributed by atoms with Crippen molar-refractivity contribution in [2.45, 2.75) is 6.54 Å². The van der Waals surface area contributed by atoms with Crippen LogP contribution in [0.4, 0.5) is 8.78 Å². The molecule has 0 atom stereocenters. The summed E-state index contributed by atoms with van der Waals surface area (Å²) in [4.78, 5) is 22.2. The number of imidazole rings is 1. The SMILES string of the molecule is O=C(NCc1nc2c(F)c(F)ccc2[nH]1)c1c[nH]c2ccc(Cl)cc12. The molecular formula is C17H11ClF2N4O. The van der Waals surface area contributed by atoms with E-state index in [4.69, 9.17) is 11.6 Å². The third kappa shape index (κ3) is 2.72. The fourth-order valence-corrected chi connectivity index (χ4v) is 2.86. The lowest BCUT2D eigenvalue weighted by atomic mass is 10.1. The van der Waals surface area contributed by atoms with Crippen LogP contribution in [0.2, 0.25) is 5.02 Å². The molecule has 4 rings (SSSR count). The van der Waals surface area contributed by atoms with Gasteiger partial charge in [-0.05, 0) is 30.3 Å². The van der Waals surface area contributed by atoms with Crippen LogP contribution in [0.15, 0.2) is 36.5 Å². The first-order valence-corrected chi connectivity index (χ1v) is 7.78. The predicted octanol–water partition coefficient (Wildman–Crippen LogP) is 3.91. The van der Waals surface area contributed by atoms with Crippen molar-refractivity contribution in [3.05, 3.63) is 64.6 Å². The van der Waals surface area contributed by atoms with Crippen molar-refractivity contribution in [2.75, 3.05) is 0 Å². The van der Waals surface area contributed by atoms with Gasteiger partial charge in [-0.25, -0.2) is 13.8 Å². The van der Waals surface area contributed by atoms with Crippen LogP contribution in [0.3, 0.4) is 0 Å². The highest BCUT2D eigenvalue weighted by Gasteiger charge is 2.15. The van der Waals surface area contributed by atoms with Crippen molar-refractivity contribution in [1.82, 2.24) is 20.3 Å². The van der Waals surface area contributed by atoms with E-state index in [0.29, 0.717) is 27.3 Å². The number of aromatic nitrogens is 3. The van der Waals surface area contributed by atoms with E-state index in [0.717, 1.165) is 11.6 Å². The summed E-state index contributed by atoms with van der Waals surface area (Å²) in [5.74, 6) is -1.99. The molecule has 0 unspecified atom stereocenters. The van der Waals surface area contributed by atoms with Crippen molar-refractivity contribution >= 4 is 39.4 Å². The third-order valence-electron chi connectivity index (χ3n) is 3.90. The number of carbonyl (C=O) groups is 1. The fourth-order valence-electron chi connectivity index (χ4n) is 2.69. The average molecular weight is 361 g/mol. The largest absolute Gasteiger partial charge is 0.360 e. The molecule has 3 N–H and O–H groups in total. The van der Waals surface area contributed by atoms with Gasteiger partial charge in [-0.15, -0.1) is 0 Å². The second-order valence-electron chi connectivity index (χ2n) is 5.52. The van der Waals surface area contributed by atoms with Crippen molar-refractivity contribution < 1.29 is 13.6 Å². The van der Waals surface area contributed by atoms with E-state index in [9.17, 15) is 13.6 Å². The lowest BCUT2D eigenvalue weighted by molar-refractivity contribution is 0.0951. The Kier molecular flexibility index (Phi) is 3.65. The van der Waals surface area contributed by atoms with Crippen molar-refractivity contribution in [3.8, 4) is 0 Å². The number of benzene rings is 2. The van der Waals surface area contributed by atoms with Gasteiger partial charge in [0.15, 0.2) is 11.6 Å². The van der Waals surface area contributed by atoms with E-state index in [2.05, 4.69) is 20.3 Å². The summed E-state index contributed by atoms with van der Waals surface area (Å²) in [6.45, 7) is 0.0435. The summed E-state index contributed by atoms with van der Waals surface area (Å²) in [5.41, 5.74) is 1.49. The zero-order chi connectivity index (χ0) is 17.6. The number of carbonyl (C=O) groups excluding carboxylic acids is 1. The van der Waals surface area contributed by atoms with Crippen molar-refractivity contribution in [3.63, 3.8) is 0 Å². The molecule has 0 spiro atoms. The first-order chi connectivity index (χ1) is 12.0. The smallest absolute Gasteiger partial charge is 0.253 e. The van der Waals surface area contributed by atoms with E-state index in [1.54, 1.807) is 24.4 Å². The number of hydrogen-bond acceptors (Lipinski definition) is 2. The Morgan fingerprint density at radius 3 is 2.84 bits per heavy atom. The number of aromatic amines is 2. The van der Waals surface area contributed by atoms with Crippen LogP contribution in [0.25, 0.3) is 21.9 Å². The van der Waals surface area contributed by atoms with Gasteiger partial charge in [0.2, 0.25) is 0 Å². The Morgan fingerprint density at radius 2 is 2.00 bits per heavy atom. The lowest BCUT2D eigenvalue weighted by Gasteiger charge is -2.02. The molecule has 2 aromatic carbocycles. The van der Waals surface area contributed by atoms with Crippen LogP contribution in [-0.4, -0.2) is 20.9 Å². The summed E-state index contributed by atoms with van der Waals surface area (Å²) < 4.78 is 26.9. The molecule has 0 saturated heterocycles. The molecule has 0 aliphatic carbocycles. The summed E-state index contributed by atoms with van der Waals surface area (Å²) >= 11 is 5.97. The molecule has 0 aliphatic rings. The minimum atomic E-state index is -1.02. The van der Waals surface area contributed by atoms with Crippen LogP contribution in [0, 0.1) is 11.6 Å². The molecule has 4 aromatic rings. The Hall–Kier alpha value is -2.93. The number of nitrogens with zero attached hydrogens (tertiary/aromatic N) is 1. The second kappa shape index (κ2) is 5.86. The van der Waals surface area contributed by atoms with Gasteiger partial charge in [0.05, 0.1) is 17.6 Å². The van der Waals surface area contributed by atoms with E-state index in [1.807, 2.05) is 0 Å². The molecule has 0 aliphatic heterocycles. The Balaban J connectivity index is 1.57. The number of fused-ring (bicyclic) bond motifs is 2. The number of nitrogens with one attached hydrogen (secondary N) is 3. The lowest BCUT2D eigenvalue weighted by Crippen LogP contribution is -2.23. The van der Waals surface area contributed by atoms with Crippen molar-refractivity contribution in [1.29, 1.82) is 0 Å².